The van der Waals surface area contributed by atoms with Gasteiger partial charge in [-0.3, -0.25) is 4.79 Å². The summed E-state index contributed by atoms with van der Waals surface area (Å²) in [6, 6.07) is 4.53. The number of nitrogens with one attached hydrogen (secondary N) is 1. The van der Waals surface area contributed by atoms with E-state index in [4.69, 9.17) is 58.0 Å². The van der Waals surface area contributed by atoms with Crippen molar-refractivity contribution < 1.29 is 4.79 Å². The molecule has 0 bridgehead atoms. The molecule has 0 aliphatic rings. The van der Waals surface area contributed by atoms with Crippen molar-refractivity contribution in [1.82, 2.24) is 0 Å². The Bertz CT molecular complexity index is 387. The lowest BCUT2D eigenvalue weighted by Gasteiger charge is -2.11. The number of hydrogen-bond acceptors (Lipinski definition) is 1. The van der Waals surface area contributed by atoms with Gasteiger partial charge in [-0.2, -0.15) is 0 Å². The van der Waals surface area contributed by atoms with E-state index >= 15 is 0 Å². The van der Waals surface area contributed by atoms with Gasteiger partial charge in [0.1, 0.15) is 0 Å². The monoisotopic (exact) mass is 305 g/mol. The van der Waals surface area contributed by atoms with Crippen molar-refractivity contribution in [2.24, 2.45) is 0 Å². The maximum atomic E-state index is 11.2. The molecule has 7 heteroatoms. The molecule has 0 saturated carbocycles. The minimum absolute atomic E-state index is 0.304. The normalized spacial score (nSPS) is 11.3. The van der Waals surface area contributed by atoms with Crippen LogP contribution in [0.5, 0.6) is 0 Å². The van der Waals surface area contributed by atoms with E-state index in [0.29, 0.717) is 15.7 Å². The van der Waals surface area contributed by atoms with Crippen LogP contribution in [0.4, 0.5) is 5.69 Å². The molecule has 0 spiro atoms. The Labute approximate surface area is 111 Å². The number of carbonyl (C=O) groups excluding carboxylic acids is 1. The molecule has 0 aromatic heterocycles. The average molecular weight is 307 g/mol. The number of rotatable bonds is 1. The quantitative estimate of drug-likeness (QED) is 0.770. The molecule has 0 unspecified atom stereocenters. The van der Waals surface area contributed by atoms with Crippen LogP contribution in [-0.4, -0.2) is 9.70 Å². The zero-order chi connectivity index (χ0) is 11.6. The standard InChI is InChI=1S/C8H4Cl5NO/c9-5-2-1-4(3-6(5)10)14-7(15)8(11,12)13/h1-3H,(H,14,15). The van der Waals surface area contributed by atoms with Gasteiger partial charge in [-0.1, -0.05) is 58.0 Å². The van der Waals surface area contributed by atoms with Crippen LogP contribution in [0.3, 0.4) is 0 Å². The highest BCUT2D eigenvalue weighted by atomic mass is 35.6. The first-order valence-electron chi connectivity index (χ1n) is 3.64. The second-order valence-corrected chi connectivity index (χ2v) is 5.68. The lowest BCUT2D eigenvalue weighted by molar-refractivity contribution is -0.115. The van der Waals surface area contributed by atoms with Crippen molar-refractivity contribution >= 4 is 69.6 Å². The van der Waals surface area contributed by atoms with E-state index in [1.165, 1.54) is 12.1 Å². The topological polar surface area (TPSA) is 29.1 Å². The highest BCUT2D eigenvalue weighted by molar-refractivity contribution is 6.76. The van der Waals surface area contributed by atoms with E-state index in [1.807, 2.05) is 0 Å². The summed E-state index contributed by atoms with van der Waals surface area (Å²) < 4.78 is -2.01. The van der Waals surface area contributed by atoms with Gasteiger partial charge < -0.3 is 5.32 Å². The van der Waals surface area contributed by atoms with Crippen molar-refractivity contribution in [3.8, 4) is 0 Å². The van der Waals surface area contributed by atoms with Gasteiger partial charge in [-0.15, -0.1) is 0 Å². The Morgan fingerprint density at radius 2 is 1.73 bits per heavy atom. The molecule has 0 radical (unpaired) electrons. The lowest BCUT2D eigenvalue weighted by Crippen LogP contribution is -2.26. The third-order valence-corrected chi connectivity index (χ3v) is 2.69. The Morgan fingerprint density at radius 3 is 2.20 bits per heavy atom. The molecule has 0 atom stereocenters. The number of benzene rings is 1. The maximum absolute atomic E-state index is 11.2. The summed E-state index contributed by atoms with van der Waals surface area (Å²) in [5, 5.41) is 3.05. The van der Waals surface area contributed by atoms with Crippen molar-refractivity contribution in [3.05, 3.63) is 28.2 Å². The molecule has 0 heterocycles. The fourth-order valence-corrected chi connectivity index (χ4v) is 1.22. The molecule has 1 rings (SSSR count). The molecule has 0 aliphatic heterocycles. The molecule has 0 fully saturated rings. The van der Waals surface area contributed by atoms with E-state index in [-0.39, 0.29) is 0 Å². The molecule has 0 saturated heterocycles. The van der Waals surface area contributed by atoms with Crippen molar-refractivity contribution in [3.63, 3.8) is 0 Å². The summed E-state index contributed by atoms with van der Waals surface area (Å²) in [5.74, 6) is -0.758. The summed E-state index contributed by atoms with van der Waals surface area (Å²) in [4.78, 5) is 11.2. The van der Waals surface area contributed by atoms with Crippen molar-refractivity contribution in [2.45, 2.75) is 3.79 Å². The summed E-state index contributed by atoms with van der Waals surface area (Å²) >= 11 is 27.5. The average Bonchev–Trinajstić information content (AvgIpc) is 2.10. The van der Waals surface area contributed by atoms with Crippen LogP contribution < -0.4 is 5.32 Å². The van der Waals surface area contributed by atoms with Gasteiger partial charge in [-0.05, 0) is 18.2 Å². The first-order valence-corrected chi connectivity index (χ1v) is 5.53. The summed E-state index contributed by atoms with van der Waals surface area (Å²) in [6.45, 7) is 0. The molecule has 2 nitrogen and oxygen atoms in total. The van der Waals surface area contributed by atoms with Crippen LogP contribution in [0.2, 0.25) is 10.0 Å². The highest BCUT2D eigenvalue weighted by Gasteiger charge is 2.30. The van der Waals surface area contributed by atoms with E-state index in [2.05, 4.69) is 5.32 Å². The molecule has 1 aromatic rings. The van der Waals surface area contributed by atoms with Gasteiger partial charge in [0.25, 0.3) is 9.70 Å². The van der Waals surface area contributed by atoms with Crippen molar-refractivity contribution in [2.75, 3.05) is 5.32 Å². The maximum Gasteiger partial charge on any atom is 0.276 e. The predicted octanol–water partition coefficient (Wildman–Crippen LogP) is 4.30. The second kappa shape index (κ2) is 4.98. The smallest absolute Gasteiger partial charge is 0.276 e. The van der Waals surface area contributed by atoms with Gasteiger partial charge in [0, 0.05) is 5.69 Å². The van der Waals surface area contributed by atoms with Gasteiger partial charge in [-0.25, -0.2) is 0 Å². The number of carbonyl (C=O) groups is 1. The van der Waals surface area contributed by atoms with Gasteiger partial charge >= 0.3 is 0 Å². The fourth-order valence-electron chi connectivity index (χ4n) is 0.776. The molecule has 1 aromatic carbocycles. The predicted molar refractivity (Wildman–Crippen MR) is 65.4 cm³/mol. The first kappa shape index (κ1) is 13.2. The Kier molecular flexibility index (Phi) is 4.38. The Hall–Kier alpha value is 0.140. The lowest BCUT2D eigenvalue weighted by atomic mass is 10.3. The highest BCUT2D eigenvalue weighted by Crippen LogP contribution is 2.29. The number of hydrogen-bond donors (Lipinski definition) is 1. The van der Waals surface area contributed by atoms with Crippen LogP contribution in [0.15, 0.2) is 18.2 Å². The third-order valence-electron chi connectivity index (χ3n) is 1.43. The van der Waals surface area contributed by atoms with E-state index < -0.39 is 9.70 Å². The van der Waals surface area contributed by atoms with Gasteiger partial charge in [0.05, 0.1) is 10.0 Å². The van der Waals surface area contributed by atoms with Gasteiger partial charge in [0.15, 0.2) is 0 Å². The van der Waals surface area contributed by atoms with Crippen LogP contribution in [0, 0.1) is 0 Å². The van der Waals surface area contributed by atoms with Crippen LogP contribution >= 0.6 is 58.0 Å². The molecule has 15 heavy (non-hydrogen) atoms. The third kappa shape index (κ3) is 3.89. The number of alkyl halides is 3. The van der Waals surface area contributed by atoms with E-state index in [1.54, 1.807) is 6.07 Å². The largest absolute Gasteiger partial charge is 0.322 e. The Morgan fingerprint density at radius 1 is 1.13 bits per heavy atom. The molecule has 1 amide bonds. The van der Waals surface area contributed by atoms with Crippen molar-refractivity contribution in [1.29, 1.82) is 0 Å². The minimum atomic E-state index is -2.01. The van der Waals surface area contributed by atoms with Crippen LogP contribution in [-0.2, 0) is 4.79 Å². The number of halogens is 5. The van der Waals surface area contributed by atoms with Gasteiger partial charge in [0.2, 0.25) is 0 Å². The SMILES string of the molecule is O=C(Nc1ccc(Cl)c(Cl)c1)C(Cl)(Cl)Cl. The first-order chi connectivity index (χ1) is 6.80. The second-order valence-electron chi connectivity index (χ2n) is 2.58. The van der Waals surface area contributed by atoms with E-state index in [0.717, 1.165) is 0 Å². The molecular weight excluding hydrogens is 303 g/mol. The zero-order valence-corrected chi connectivity index (χ0v) is 10.8. The molecule has 82 valence electrons. The molecule has 1 N–H and O–H groups in total. The molecular formula is C8H4Cl5NO. The summed E-state index contributed by atoms with van der Waals surface area (Å²) in [6.07, 6.45) is 0. The Balaban J connectivity index is 2.83. The number of amides is 1. The zero-order valence-electron chi connectivity index (χ0n) is 7.03. The van der Waals surface area contributed by atoms with Crippen LogP contribution in [0.1, 0.15) is 0 Å². The number of anilines is 1. The van der Waals surface area contributed by atoms with Crippen LogP contribution in [0.25, 0.3) is 0 Å². The summed E-state index contributed by atoms with van der Waals surface area (Å²) in [5.41, 5.74) is 0.403. The fraction of sp³-hybridized carbons (Fsp3) is 0.125. The summed E-state index contributed by atoms with van der Waals surface area (Å²) in [7, 11) is 0. The van der Waals surface area contributed by atoms with E-state index in [9.17, 15) is 4.79 Å². The minimum Gasteiger partial charge on any atom is -0.322 e. The molecule has 0 aliphatic carbocycles.